The maximum absolute atomic E-state index is 12.0. The molecule has 1 fully saturated rings. The van der Waals surface area contributed by atoms with Crippen molar-refractivity contribution < 1.29 is 14.4 Å². The number of hydrogen-bond donors (Lipinski definition) is 0. The molecule has 0 saturated carbocycles. The fourth-order valence-electron chi connectivity index (χ4n) is 2.07. The van der Waals surface area contributed by atoms with Gasteiger partial charge in [0.2, 0.25) is 11.8 Å². The molecule has 0 radical (unpaired) electrons. The van der Waals surface area contributed by atoms with E-state index in [1.807, 2.05) is 13.0 Å². The highest BCUT2D eigenvalue weighted by Gasteiger charge is 2.36. The molecule has 4 heteroatoms. The van der Waals surface area contributed by atoms with Crippen LogP contribution in [-0.4, -0.2) is 29.0 Å². The number of benzene rings is 1. The number of ketones is 1. The monoisotopic (exact) mass is 245 g/mol. The molecule has 1 atom stereocenters. The van der Waals surface area contributed by atoms with E-state index in [1.165, 1.54) is 0 Å². The Bertz CT molecular complexity index is 522. The smallest absolute Gasteiger partial charge is 0.232 e. The summed E-state index contributed by atoms with van der Waals surface area (Å²) < 4.78 is 0. The van der Waals surface area contributed by atoms with Crippen LogP contribution in [0, 0.1) is 12.8 Å². The van der Waals surface area contributed by atoms with Crippen LogP contribution in [0.15, 0.2) is 24.3 Å². The van der Waals surface area contributed by atoms with Crippen LogP contribution in [0.25, 0.3) is 0 Å². The lowest BCUT2D eigenvalue weighted by molar-refractivity contribution is -0.138. The maximum atomic E-state index is 12.0. The van der Waals surface area contributed by atoms with Crippen LogP contribution in [-0.2, 0) is 9.59 Å². The van der Waals surface area contributed by atoms with E-state index in [0.717, 1.165) is 10.5 Å². The quantitative estimate of drug-likeness (QED) is 0.600. The van der Waals surface area contributed by atoms with Gasteiger partial charge in [0.15, 0.2) is 5.78 Å². The molecule has 1 heterocycles. The first-order valence-corrected chi connectivity index (χ1v) is 5.93. The van der Waals surface area contributed by atoms with Gasteiger partial charge in [-0.25, -0.2) is 0 Å². The minimum absolute atomic E-state index is 0.147. The van der Waals surface area contributed by atoms with E-state index >= 15 is 0 Å². The Morgan fingerprint density at radius 1 is 1.39 bits per heavy atom. The lowest BCUT2D eigenvalue weighted by Crippen LogP contribution is -2.35. The van der Waals surface area contributed by atoms with Crippen molar-refractivity contribution in [2.24, 2.45) is 5.92 Å². The minimum atomic E-state index is -0.303. The van der Waals surface area contributed by atoms with Crippen LogP contribution in [0.4, 0.5) is 0 Å². The second kappa shape index (κ2) is 4.72. The highest BCUT2D eigenvalue weighted by molar-refractivity contribution is 6.08. The molecule has 0 aromatic heterocycles. The third-order valence-electron chi connectivity index (χ3n) is 3.11. The second-order valence-corrected chi connectivity index (χ2v) is 4.72. The fourth-order valence-corrected chi connectivity index (χ4v) is 2.07. The summed E-state index contributed by atoms with van der Waals surface area (Å²) >= 11 is 0. The van der Waals surface area contributed by atoms with E-state index in [0.29, 0.717) is 5.56 Å². The van der Waals surface area contributed by atoms with E-state index in [9.17, 15) is 14.4 Å². The summed E-state index contributed by atoms with van der Waals surface area (Å²) in [6.45, 7) is 3.45. The number of imide groups is 1. The van der Waals surface area contributed by atoms with Gasteiger partial charge >= 0.3 is 0 Å². The summed E-state index contributed by atoms with van der Waals surface area (Å²) in [7, 11) is 0. The third kappa shape index (κ3) is 2.32. The first-order chi connectivity index (χ1) is 8.49. The van der Waals surface area contributed by atoms with Crippen LogP contribution in [0.3, 0.4) is 0 Å². The standard InChI is InChI=1S/C14H15NO3/c1-9-4-3-5-11(6-9)12(16)8-15-13(17)7-10(2)14(15)18/h3-6,10H,7-8H2,1-2H3. The van der Waals surface area contributed by atoms with Crippen molar-refractivity contribution in [3.05, 3.63) is 35.4 Å². The number of aryl methyl sites for hydroxylation is 1. The van der Waals surface area contributed by atoms with Crippen molar-refractivity contribution in [3.8, 4) is 0 Å². The van der Waals surface area contributed by atoms with Crippen molar-refractivity contribution in [3.63, 3.8) is 0 Å². The van der Waals surface area contributed by atoms with Gasteiger partial charge in [0.1, 0.15) is 0 Å². The largest absolute Gasteiger partial charge is 0.292 e. The van der Waals surface area contributed by atoms with Crippen molar-refractivity contribution in [2.45, 2.75) is 20.3 Å². The molecule has 0 aliphatic carbocycles. The average molecular weight is 245 g/mol. The molecule has 1 aromatic rings. The summed E-state index contributed by atoms with van der Waals surface area (Å²) in [5.74, 6) is -1.01. The SMILES string of the molecule is Cc1cccc(C(=O)CN2C(=O)CC(C)C2=O)c1. The van der Waals surface area contributed by atoms with Gasteiger partial charge in [-0.2, -0.15) is 0 Å². The summed E-state index contributed by atoms with van der Waals surface area (Å²) in [5, 5.41) is 0. The number of hydrogen-bond acceptors (Lipinski definition) is 3. The number of Topliss-reactive ketones (excluding diaryl/α,β-unsaturated/α-hetero) is 1. The van der Waals surface area contributed by atoms with E-state index in [4.69, 9.17) is 0 Å². The van der Waals surface area contributed by atoms with E-state index < -0.39 is 0 Å². The van der Waals surface area contributed by atoms with Gasteiger partial charge in [-0.05, 0) is 13.0 Å². The molecule has 1 saturated heterocycles. The molecule has 1 aromatic carbocycles. The maximum Gasteiger partial charge on any atom is 0.232 e. The molecule has 18 heavy (non-hydrogen) atoms. The predicted octanol–water partition coefficient (Wildman–Crippen LogP) is 1.57. The van der Waals surface area contributed by atoms with Gasteiger partial charge in [0.25, 0.3) is 0 Å². The minimum Gasteiger partial charge on any atom is -0.292 e. The van der Waals surface area contributed by atoms with Crippen LogP contribution < -0.4 is 0 Å². The van der Waals surface area contributed by atoms with Crippen molar-refractivity contribution >= 4 is 17.6 Å². The van der Waals surface area contributed by atoms with Gasteiger partial charge in [-0.1, -0.05) is 30.7 Å². The Morgan fingerprint density at radius 3 is 2.67 bits per heavy atom. The van der Waals surface area contributed by atoms with Gasteiger partial charge in [-0.15, -0.1) is 0 Å². The van der Waals surface area contributed by atoms with Crippen molar-refractivity contribution in [1.82, 2.24) is 4.90 Å². The van der Waals surface area contributed by atoms with E-state index in [1.54, 1.807) is 25.1 Å². The number of amides is 2. The van der Waals surface area contributed by atoms with Gasteiger partial charge < -0.3 is 0 Å². The summed E-state index contributed by atoms with van der Waals surface area (Å²) in [6.07, 6.45) is 0.208. The number of carbonyl (C=O) groups excluding carboxylic acids is 3. The molecule has 94 valence electrons. The first-order valence-electron chi connectivity index (χ1n) is 5.93. The molecule has 1 aliphatic rings. The third-order valence-corrected chi connectivity index (χ3v) is 3.11. The Hall–Kier alpha value is -1.97. The first kappa shape index (κ1) is 12.5. The number of carbonyl (C=O) groups is 3. The topological polar surface area (TPSA) is 54.5 Å². The van der Waals surface area contributed by atoms with Crippen LogP contribution in [0.1, 0.15) is 29.3 Å². The van der Waals surface area contributed by atoms with Crippen LogP contribution in [0.5, 0.6) is 0 Å². The Morgan fingerprint density at radius 2 is 2.11 bits per heavy atom. The Labute approximate surface area is 106 Å². The van der Waals surface area contributed by atoms with Crippen LogP contribution >= 0.6 is 0 Å². The zero-order valence-corrected chi connectivity index (χ0v) is 10.5. The lowest BCUT2D eigenvalue weighted by atomic mass is 10.1. The summed E-state index contributed by atoms with van der Waals surface area (Å²) in [4.78, 5) is 36.4. The average Bonchev–Trinajstić information content (AvgIpc) is 2.56. The fraction of sp³-hybridized carbons (Fsp3) is 0.357. The molecular formula is C14H15NO3. The van der Waals surface area contributed by atoms with Crippen molar-refractivity contribution in [2.75, 3.05) is 6.54 Å². The Kier molecular flexibility index (Phi) is 3.28. The van der Waals surface area contributed by atoms with E-state index in [-0.39, 0.29) is 36.5 Å². The van der Waals surface area contributed by atoms with Gasteiger partial charge in [0.05, 0.1) is 6.54 Å². The molecule has 0 N–H and O–H groups in total. The van der Waals surface area contributed by atoms with Crippen LogP contribution in [0.2, 0.25) is 0 Å². The molecule has 2 rings (SSSR count). The molecular weight excluding hydrogens is 230 g/mol. The zero-order chi connectivity index (χ0) is 13.3. The zero-order valence-electron chi connectivity index (χ0n) is 10.5. The predicted molar refractivity (Wildman–Crippen MR) is 66.0 cm³/mol. The molecule has 2 amide bonds. The van der Waals surface area contributed by atoms with Gasteiger partial charge in [-0.3, -0.25) is 19.3 Å². The molecule has 4 nitrogen and oxygen atoms in total. The van der Waals surface area contributed by atoms with Crippen molar-refractivity contribution in [1.29, 1.82) is 0 Å². The summed E-state index contributed by atoms with van der Waals surface area (Å²) in [5.41, 5.74) is 1.52. The van der Waals surface area contributed by atoms with E-state index in [2.05, 4.69) is 0 Å². The summed E-state index contributed by atoms with van der Waals surface area (Å²) in [6, 6.07) is 7.14. The second-order valence-electron chi connectivity index (χ2n) is 4.72. The normalized spacial score (nSPS) is 19.4. The number of nitrogens with zero attached hydrogens (tertiary/aromatic N) is 1. The lowest BCUT2D eigenvalue weighted by Gasteiger charge is -2.13. The number of likely N-dealkylation sites (tertiary alicyclic amines) is 1. The highest BCUT2D eigenvalue weighted by atomic mass is 16.2. The number of rotatable bonds is 3. The molecule has 1 unspecified atom stereocenters. The van der Waals surface area contributed by atoms with Gasteiger partial charge in [0, 0.05) is 17.9 Å². The molecule has 0 spiro atoms. The molecule has 1 aliphatic heterocycles. The highest BCUT2D eigenvalue weighted by Crippen LogP contribution is 2.19. The molecule has 0 bridgehead atoms. The Balaban J connectivity index is 2.13.